The molecule has 20 heavy (non-hydrogen) atoms. The summed E-state index contributed by atoms with van der Waals surface area (Å²) in [6.45, 7) is 7.12. The zero-order chi connectivity index (χ0) is 14.5. The second-order valence-corrected chi connectivity index (χ2v) is 5.48. The Balaban J connectivity index is 2.01. The van der Waals surface area contributed by atoms with Crippen LogP contribution in [-0.4, -0.2) is 25.6 Å². The van der Waals surface area contributed by atoms with Crippen molar-refractivity contribution in [2.24, 2.45) is 5.73 Å². The molecule has 0 amide bonds. The van der Waals surface area contributed by atoms with Gasteiger partial charge in [0.05, 0.1) is 24.5 Å². The lowest BCUT2D eigenvalue weighted by Crippen LogP contribution is -2.17. The maximum Gasteiger partial charge on any atom is 0.0849 e. The molecule has 5 heteroatoms. The van der Waals surface area contributed by atoms with Gasteiger partial charge in [0.15, 0.2) is 0 Å². The van der Waals surface area contributed by atoms with E-state index in [1.165, 1.54) is 5.56 Å². The van der Waals surface area contributed by atoms with Crippen LogP contribution in [0, 0.1) is 0 Å². The molecule has 2 heterocycles. The molecular weight excluding hydrogens is 250 g/mol. The van der Waals surface area contributed by atoms with Gasteiger partial charge in [0.1, 0.15) is 0 Å². The molecule has 0 aliphatic heterocycles. The Morgan fingerprint density at radius 3 is 2.70 bits per heavy atom. The van der Waals surface area contributed by atoms with Gasteiger partial charge in [0, 0.05) is 18.4 Å². The van der Waals surface area contributed by atoms with Gasteiger partial charge in [-0.15, -0.1) is 0 Å². The summed E-state index contributed by atoms with van der Waals surface area (Å²) < 4.78 is 4.00. The van der Waals surface area contributed by atoms with Gasteiger partial charge in [-0.1, -0.05) is 13.8 Å². The first-order valence-corrected chi connectivity index (χ1v) is 7.43. The predicted octanol–water partition coefficient (Wildman–Crippen LogP) is 2.38. The Morgan fingerprint density at radius 1 is 1.30 bits per heavy atom. The van der Waals surface area contributed by atoms with Crippen molar-refractivity contribution in [1.29, 1.82) is 0 Å². The highest BCUT2D eigenvalue weighted by molar-refractivity contribution is 5.08. The standard InChI is InChI=1S/C15H25N5/c1-4-15(5-2)20-7-6-14(18-20)11-19-10-13(9-17-19)8-12(3)16/h6-7,9-10,12,15H,4-5,8,11,16H2,1-3H3. The van der Waals surface area contributed by atoms with Crippen LogP contribution >= 0.6 is 0 Å². The van der Waals surface area contributed by atoms with E-state index in [4.69, 9.17) is 5.73 Å². The van der Waals surface area contributed by atoms with Gasteiger partial charge < -0.3 is 5.73 Å². The number of hydrogen-bond acceptors (Lipinski definition) is 3. The van der Waals surface area contributed by atoms with E-state index >= 15 is 0 Å². The third-order valence-electron chi connectivity index (χ3n) is 3.55. The topological polar surface area (TPSA) is 61.7 Å². The highest BCUT2D eigenvalue weighted by atomic mass is 15.3. The van der Waals surface area contributed by atoms with Crippen LogP contribution in [0.5, 0.6) is 0 Å². The predicted molar refractivity (Wildman–Crippen MR) is 80.5 cm³/mol. The lowest BCUT2D eigenvalue weighted by molar-refractivity contribution is 0.424. The van der Waals surface area contributed by atoms with E-state index < -0.39 is 0 Å². The molecule has 110 valence electrons. The fraction of sp³-hybridized carbons (Fsp3) is 0.600. The molecule has 1 unspecified atom stereocenters. The summed E-state index contributed by atoms with van der Waals surface area (Å²) in [4.78, 5) is 0. The van der Waals surface area contributed by atoms with Gasteiger partial charge in [-0.05, 0) is 37.8 Å². The molecule has 1 atom stereocenters. The third kappa shape index (κ3) is 3.70. The molecule has 0 spiro atoms. The average molecular weight is 275 g/mol. The number of hydrogen-bond donors (Lipinski definition) is 1. The van der Waals surface area contributed by atoms with Crippen LogP contribution in [0.3, 0.4) is 0 Å². The maximum absolute atomic E-state index is 5.80. The Morgan fingerprint density at radius 2 is 2.05 bits per heavy atom. The summed E-state index contributed by atoms with van der Waals surface area (Å²) in [6.07, 6.45) is 9.10. The van der Waals surface area contributed by atoms with Crippen LogP contribution in [0.15, 0.2) is 24.7 Å². The second-order valence-electron chi connectivity index (χ2n) is 5.48. The molecule has 2 N–H and O–H groups in total. The van der Waals surface area contributed by atoms with Crippen LogP contribution in [0.1, 0.15) is 50.9 Å². The van der Waals surface area contributed by atoms with Crippen LogP contribution in [-0.2, 0) is 13.0 Å². The van der Waals surface area contributed by atoms with Crippen molar-refractivity contribution in [2.75, 3.05) is 0 Å². The van der Waals surface area contributed by atoms with Crippen molar-refractivity contribution in [3.63, 3.8) is 0 Å². The van der Waals surface area contributed by atoms with Crippen molar-refractivity contribution in [2.45, 2.75) is 58.7 Å². The summed E-state index contributed by atoms with van der Waals surface area (Å²) in [5.74, 6) is 0. The summed E-state index contributed by atoms with van der Waals surface area (Å²) in [6, 6.07) is 2.74. The van der Waals surface area contributed by atoms with Crippen molar-refractivity contribution in [3.05, 3.63) is 35.9 Å². The van der Waals surface area contributed by atoms with Crippen LogP contribution in [0.4, 0.5) is 0 Å². The molecule has 2 aromatic rings. The molecule has 0 aromatic carbocycles. The van der Waals surface area contributed by atoms with Crippen molar-refractivity contribution in [3.8, 4) is 0 Å². The van der Waals surface area contributed by atoms with E-state index in [-0.39, 0.29) is 6.04 Å². The quantitative estimate of drug-likeness (QED) is 0.844. The molecule has 0 radical (unpaired) electrons. The first-order valence-electron chi connectivity index (χ1n) is 7.43. The SMILES string of the molecule is CCC(CC)n1ccc(Cn2cc(CC(C)N)cn2)n1. The Labute approximate surface area is 120 Å². The van der Waals surface area contributed by atoms with E-state index in [9.17, 15) is 0 Å². The highest BCUT2D eigenvalue weighted by Gasteiger charge is 2.09. The van der Waals surface area contributed by atoms with Crippen LogP contribution in [0.25, 0.3) is 0 Å². The molecular formula is C15H25N5. The molecule has 5 nitrogen and oxygen atoms in total. The molecule has 0 saturated carbocycles. The Hall–Kier alpha value is -1.62. The molecule has 0 aliphatic carbocycles. The zero-order valence-electron chi connectivity index (χ0n) is 12.7. The van der Waals surface area contributed by atoms with Crippen molar-refractivity contribution < 1.29 is 0 Å². The number of rotatable bonds is 7. The summed E-state index contributed by atoms with van der Waals surface area (Å²) in [5.41, 5.74) is 8.03. The van der Waals surface area contributed by atoms with E-state index in [1.807, 2.05) is 17.8 Å². The molecule has 2 rings (SSSR count). The fourth-order valence-electron chi connectivity index (χ4n) is 2.46. The first-order chi connectivity index (χ1) is 9.62. The third-order valence-corrected chi connectivity index (χ3v) is 3.55. The van der Waals surface area contributed by atoms with Gasteiger partial charge in [-0.3, -0.25) is 9.36 Å². The van der Waals surface area contributed by atoms with Gasteiger partial charge in [0.2, 0.25) is 0 Å². The van der Waals surface area contributed by atoms with Gasteiger partial charge in [-0.2, -0.15) is 10.2 Å². The first kappa shape index (κ1) is 14.8. The van der Waals surface area contributed by atoms with Crippen molar-refractivity contribution in [1.82, 2.24) is 19.6 Å². The smallest absolute Gasteiger partial charge is 0.0849 e. The Kier molecular flexibility index (Phi) is 4.95. The highest BCUT2D eigenvalue weighted by Crippen LogP contribution is 2.14. The van der Waals surface area contributed by atoms with Gasteiger partial charge >= 0.3 is 0 Å². The lowest BCUT2D eigenvalue weighted by atomic mass is 10.1. The summed E-state index contributed by atoms with van der Waals surface area (Å²) in [5, 5.41) is 9.02. The zero-order valence-corrected chi connectivity index (χ0v) is 12.7. The van der Waals surface area contributed by atoms with E-state index in [2.05, 4.69) is 47.2 Å². The summed E-state index contributed by atoms with van der Waals surface area (Å²) in [7, 11) is 0. The molecule has 0 saturated heterocycles. The number of aromatic nitrogens is 4. The molecule has 0 aliphatic rings. The lowest BCUT2D eigenvalue weighted by Gasteiger charge is -2.12. The van der Waals surface area contributed by atoms with Crippen molar-refractivity contribution >= 4 is 0 Å². The summed E-state index contributed by atoms with van der Waals surface area (Å²) >= 11 is 0. The normalized spacial score (nSPS) is 13.1. The minimum absolute atomic E-state index is 0.168. The number of nitrogens with zero attached hydrogens (tertiary/aromatic N) is 4. The van der Waals surface area contributed by atoms with Gasteiger partial charge in [0.25, 0.3) is 0 Å². The average Bonchev–Trinajstić information content (AvgIpc) is 3.01. The largest absolute Gasteiger partial charge is 0.328 e. The monoisotopic (exact) mass is 275 g/mol. The van der Waals surface area contributed by atoms with Gasteiger partial charge in [-0.25, -0.2) is 0 Å². The maximum atomic E-state index is 5.80. The van der Waals surface area contributed by atoms with E-state index in [0.717, 1.165) is 25.0 Å². The van der Waals surface area contributed by atoms with E-state index in [0.29, 0.717) is 12.6 Å². The minimum atomic E-state index is 0.168. The fourth-order valence-corrected chi connectivity index (χ4v) is 2.46. The van der Waals surface area contributed by atoms with E-state index in [1.54, 1.807) is 0 Å². The van der Waals surface area contributed by atoms with Crippen LogP contribution < -0.4 is 5.73 Å². The minimum Gasteiger partial charge on any atom is -0.328 e. The molecule has 0 fully saturated rings. The van der Waals surface area contributed by atoms with Crippen LogP contribution in [0.2, 0.25) is 0 Å². The molecule has 2 aromatic heterocycles. The second kappa shape index (κ2) is 6.70. The molecule has 0 bridgehead atoms. The Bertz CT molecular complexity index is 522. The number of nitrogens with two attached hydrogens (primary N) is 1.